The van der Waals surface area contributed by atoms with Crippen LogP contribution in [0.15, 0.2) is 30.5 Å². The average molecular weight is 246 g/mol. The third-order valence-electron chi connectivity index (χ3n) is 3.24. The van der Waals surface area contributed by atoms with Crippen molar-refractivity contribution in [2.24, 2.45) is 5.92 Å². The summed E-state index contributed by atoms with van der Waals surface area (Å²) in [5.74, 6) is 1.07. The van der Waals surface area contributed by atoms with Gasteiger partial charge in [-0.15, -0.1) is 0 Å². The summed E-state index contributed by atoms with van der Waals surface area (Å²) in [6, 6.07) is 3.60. The lowest BCUT2D eigenvalue weighted by molar-refractivity contribution is -0.118. The minimum Gasteiger partial charge on any atom is -0.481 e. The first-order valence-electron chi connectivity index (χ1n) is 6.14. The third-order valence-corrected chi connectivity index (χ3v) is 3.24. The molecule has 0 unspecified atom stereocenters. The Hall–Kier alpha value is -1.84. The van der Waals surface area contributed by atoms with Crippen molar-refractivity contribution in [3.05, 3.63) is 30.5 Å². The number of allylic oxidation sites excluding steroid dienone is 2. The molecule has 0 saturated carbocycles. The fraction of sp³-hybridized carbons (Fsp3) is 0.429. The molecule has 1 aliphatic rings. The van der Waals surface area contributed by atoms with Gasteiger partial charge < -0.3 is 9.64 Å². The van der Waals surface area contributed by atoms with Gasteiger partial charge in [-0.25, -0.2) is 4.98 Å². The Labute approximate surface area is 107 Å². The van der Waals surface area contributed by atoms with E-state index in [-0.39, 0.29) is 5.91 Å². The van der Waals surface area contributed by atoms with Gasteiger partial charge in [0.2, 0.25) is 11.8 Å². The lowest BCUT2D eigenvalue weighted by Crippen LogP contribution is -2.27. The predicted molar refractivity (Wildman–Crippen MR) is 70.7 cm³/mol. The van der Waals surface area contributed by atoms with Gasteiger partial charge in [0.25, 0.3) is 0 Å². The van der Waals surface area contributed by atoms with Crippen molar-refractivity contribution in [1.29, 1.82) is 0 Å². The monoisotopic (exact) mass is 246 g/mol. The zero-order valence-corrected chi connectivity index (χ0v) is 10.8. The van der Waals surface area contributed by atoms with Crippen LogP contribution in [0.4, 0.5) is 5.69 Å². The molecule has 0 N–H and O–H groups in total. The summed E-state index contributed by atoms with van der Waals surface area (Å²) in [5, 5.41) is 0. The molecule has 0 aromatic carbocycles. The number of ether oxygens (including phenoxy) is 1. The highest BCUT2D eigenvalue weighted by Crippen LogP contribution is 2.23. The third kappa shape index (κ3) is 2.88. The molecule has 1 heterocycles. The number of nitrogens with zero attached hydrogens (tertiary/aromatic N) is 2. The number of methoxy groups -OCH3 is 1. The molecule has 1 amide bonds. The van der Waals surface area contributed by atoms with E-state index in [2.05, 4.69) is 17.1 Å². The highest BCUT2D eigenvalue weighted by molar-refractivity contribution is 5.92. The minimum atomic E-state index is 0.124. The average Bonchev–Trinajstić information content (AvgIpc) is 2.91. The van der Waals surface area contributed by atoms with Gasteiger partial charge in [0.1, 0.15) is 0 Å². The second-order valence-corrected chi connectivity index (χ2v) is 4.48. The summed E-state index contributed by atoms with van der Waals surface area (Å²) in [6.07, 6.45) is 8.68. The molecular formula is C14H18N2O2. The Morgan fingerprint density at radius 2 is 2.39 bits per heavy atom. The van der Waals surface area contributed by atoms with Crippen molar-refractivity contribution in [1.82, 2.24) is 4.98 Å². The van der Waals surface area contributed by atoms with Crippen LogP contribution in [0, 0.1) is 5.92 Å². The fourth-order valence-corrected chi connectivity index (χ4v) is 2.06. The van der Waals surface area contributed by atoms with Crippen LogP contribution in [0.2, 0.25) is 0 Å². The van der Waals surface area contributed by atoms with Crippen molar-refractivity contribution in [2.45, 2.75) is 19.3 Å². The molecule has 0 radical (unpaired) electrons. The van der Waals surface area contributed by atoms with E-state index < -0.39 is 0 Å². The topological polar surface area (TPSA) is 42.4 Å². The Morgan fingerprint density at radius 3 is 2.94 bits per heavy atom. The van der Waals surface area contributed by atoms with Gasteiger partial charge in [-0.3, -0.25) is 4.79 Å². The highest BCUT2D eigenvalue weighted by Gasteiger charge is 2.18. The molecule has 1 aromatic heterocycles. The molecular weight excluding hydrogens is 228 g/mol. The van der Waals surface area contributed by atoms with Gasteiger partial charge in [-0.05, 0) is 24.8 Å². The SMILES string of the molecule is COc1ccc(N(C)C(=O)C[C@H]2C=CCC2)cn1. The van der Waals surface area contributed by atoms with E-state index >= 15 is 0 Å². The van der Waals surface area contributed by atoms with Crippen molar-refractivity contribution in [2.75, 3.05) is 19.1 Å². The highest BCUT2D eigenvalue weighted by atomic mass is 16.5. The van der Waals surface area contributed by atoms with Crippen LogP contribution in [-0.2, 0) is 4.79 Å². The molecule has 1 aliphatic carbocycles. The maximum absolute atomic E-state index is 12.1. The Kier molecular flexibility index (Phi) is 3.97. The van der Waals surface area contributed by atoms with E-state index in [1.165, 1.54) is 0 Å². The Morgan fingerprint density at radius 1 is 1.56 bits per heavy atom. The van der Waals surface area contributed by atoms with Crippen LogP contribution in [-0.4, -0.2) is 25.0 Å². The van der Waals surface area contributed by atoms with Crippen LogP contribution < -0.4 is 9.64 Å². The number of anilines is 1. The van der Waals surface area contributed by atoms with Crippen molar-refractivity contribution < 1.29 is 9.53 Å². The first kappa shape index (κ1) is 12.6. The van der Waals surface area contributed by atoms with E-state index in [1.807, 2.05) is 6.07 Å². The maximum atomic E-state index is 12.1. The number of hydrogen-bond acceptors (Lipinski definition) is 3. The number of hydrogen-bond donors (Lipinski definition) is 0. The molecule has 1 aromatic rings. The number of carbonyl (C=O) groups excluding carboxylic acids is 1. The predicted octanol–water partition coefficient (Wildman–Crippen LogP) is 2.41. The van der Waals surface area contributed by atoms with Gasteiger partial charge in [0.15, 0.2) is 0 Å². The number of carbonyl (C=O) groups is 1. The van der Waals surface area contributed by atoms with Crippen LogP contribution in [0.1, 0.15) is 19.3 Å². The van der Waals surface area contributed by atoms with E-state index in [9.17, 15) is 4.79 Å². The number of amides is 1. The number of rotatable bonds is 4. The standard InChI is InChI=1S/C14H18N2O2/c1-16(12-7-8-13(18-2)15-10-12)14(17)9-11-5-3-4-6-11/h3,5,7-8,10-11H,4,6,9H2,1-2H3/t11-/m0/s1. The summed E-state index contributed by atoms with van der Waals surface area (Å²) in [7, 11) is 3.35. The maximum Gasteiger partial charge on any atom is 0.227 e. The van der Waals surface area contributed by atoms with Gasteiger partial charge in [0, 0.05) is 19.5 Å². The van der Waals surface area contributed by atoms with E-state index in [1.54, 1.807) is 31.3 Å². The summed E-state index contributed by atoms with van der Waals surface area (Å²) in [4.78, 5) is 17.8. The molecule has 0 spiro atoms. The van der Waals surface area contributed by atoms with Crippen LogP contribution in [0.25, 0.3) is 0 Å². The molecule has 0 bridgehead atoms. The van der Waals surface area contributed by atoms with Gasteiger partial charge in [-0.2, -0.15) is 0 Å². The smallest absolute Gasteiger partial charge is 0.227 e. The van der Waals surface area contributed by atoms with Gasteiger partial charge in [-0.1, -0.05) is 12.2 Å². The second kappa shape index (κ2) is 5.67. The normalized spacial score (nSPS) is 17.8. The summed E-state index contributed by atoms with van der Waals surface area (Å²) in [5.41, 5.74) is 0.794. The van der Waals surface area contributed by atoms with E-state index in [4.69, 9.17) is 4.74 Å². The second-order valence-electron chi connectivity index (χ2n) is 4.48. The van der Waals surface area contributed by atoms with E-state index in [0.717, 1.165) is 18.5 Å². The molecule has 96 valence electrons. The largest absolute Gasteiger partial charge is 0.481 e. The summed E-state index contributed by atoms with van der Waals surface area (Å²) < 4.78 is 4.99. The Bertz CT molecular complexity index is 440. The zero-order chi connectivity index (χ0) is 13.0. The van der Waals surface area contributed by atoms with Gasteiger partial charge in [0.05, 0.1) is 19.0 Å². The lowest BCUT2D eigenvalue weighted by Gasteiger charge is -2.18. The lowest BCUT2D eigenvalue weighted by atomic mass is 10.0. The van der Waals surface area contributed by atoms with Crippen molar-refractivity contribution in [3.63, 3.8) is 0 Å². The molecule has 4 nitrogen and oxygen atoms in total. The minimum absolute atomic E-state index is 0.124. The molecule has 0 saturated heterocycles. The summed E-state index contributed by atoms with van der Waals surface area (Å²) >= 11 is 0. The molecule has 4 heteroatoms. The van der Waals surface area contributed by atoms with E-state index in [0.29, 0.717) is 18.2 Å². The van der Waals surface area contributed by atoms with Gasteiger partial charge >= 0.3 is 0 Å². The van der Waals surface area contributed by atoms with Crippen molar-refractivity contribution in [3.8, 4) is 5.88 Å². The zero-order valence-electron chi connectivity index (χ0n) is 10.8. The summed E-state index contributed by atoms with van der Waals surface area (Å²) in [6.45, 7) is 0. The van der Waals surface area contributed by atoms with Crippen LogP contribution >= 0.6 is 0 Å². The first-order chi connectivity index (χ1) is 8.70. The van der Waals surface area contributed by atoms with Crippen LogP contribution in [0.5, 0.6) is 5.88 Å². The van der Waals surface area contributed by atoms with Crippen molar-refractivity contribution >= 4 is 11.6 Å². The Balaban J connectivity index is 1.98. The fourth-order valence-electron chi connectivity index (χ4n) is 2.06. The quantitative estimate of drug-likeness (QED) is 0.766. The molecule has 18 heavy (non-hydrogen) atoms. The molecule has 0 aliphatic heterocycles. The first-order valence-corrected chi connectivity index (χ1v) is 6.14. The molecule has 1 atom stereocenters. The van der Waals surface area contributed by atoms with Crippen LogP contribution in [0.3, 0.4) is 0 Å². The molecule has 2 rings (SSSR count). The molecule has 0 fully saturated rings. The number of pyridine rings is 1. The number of aromatic nitrogens is 1.